The molecular formula is C29H31F6N5O4. The maximum absolute atomic E-state index is 14.4. The fourth-order valence-electron chi connectivity index (χ4n) is 7.24. The molecule has 6 rings (SSSR count). The highest BCUT2D eigenvalue weighted by Crippen LogP contribution is 2.75. The molecule has 1 aromatic heterocycles. The number of likely N-dealkylation sites (tertiary alicyclic amines) is 1. The van der Waals surface area contributed by atoms with Crippen molar-refractivity contribution in [2.45, 2.75) is 58.0 Å². The molecule has 44 heavy (non-hydrogen) atoms. The van der Waals surface area contributed by atoms with Gasteiger partial charge in [-0.25, -0.2) is 4.79 Å². The first-order valence-corrected chi connectivity index (χ1v) is 14.1. The lowest BCUT2D eigenvalue weighted by atomic mass is 9.57. The maximum Gasteiger partial charge on any atom is 0.418 e. The van der Waals surface area contributed by atoms with Crippen LogP contribution in [-0.2, 0) is 20.5 Å². The van der Waals surface area contributed by atoms with Gasteiger partial charge >= 0.3 is 18.4 Å². The fraction of sp³-hybridized carbons (Fsp3) is 0.586. The van der Waals surface area contributed by atoms with Gasteiger partial charge in [0.25, 0.3) is 0 Å². The Kier molecular flexibility index (Phi) is 6.44. The summed E-state index contributed by atoms with van der Waals surface area (Å²) in [7, 11) is 0. The first-order chi connectivity index (χ1) is 20.3. The third-order valence-corrected chi connectivity index (χ3v) is 9.42. The molecule has 0 unspecified atom stereocenters. The fourth-order valence-corrected chi connectivity index (χ4v) is 7.24. The van der Waals surface area contributed by atoms with Crippen molar-refractivity contribution in [1.29, 1.82) is 0 Å². The number of hydrogen-bond donors (Lipinski definition) is 2. The van der Waals surface area contributed by atoms with Gasteiger partial charge in [-0.05, 0) is 64.3 Å². The van der Waals surface area contributed by atoms with Gasteiger partial charge in [0.2, 0.25) is 11.8 Å². The lowest BCUT2D eigenvalue weighted by molar-refractivity contribution is -0.191. The van der Waals surface area contributed by atoms with Crippen molar-refractivity contribution in [3.8, 4) is 0 Å². The summed E-state index contributed by atoms with van der Waals surface area (Å²) < 4.78 is 89.3. The van der Waals surface area contributed by atoms with Gasteiger partial charge in [0.15, 0.2) is 0 Å². The lowest BCUT2D eigenvalue weighted by Gasteiger charge is -2.58. The van der Waals surface area contributed by atoms with Crippen LogP contribution in [0.1, 0.15) is 45.6 Å². The third kappa shape index (κ3) is 4.69. The van der Waals surface area contributed by atoms with E-state index in [9.17, 15) is 40.7 Å². The zero-order valence-corrected chi connectivity index (χ0v) is 24.2. The number of alkyl halides is 6. The van der Waals surface area contributed by atoms with Crippen LogP contribution in [0, 0.1) is 22.2 Å². The van der Waals surface area contributed by atoms with E-state index >= 15 is 0 Å². The average molecular weight is 628 g/mol. The Morgan fingerprint density at radius 3 is 2.25 bits per heavy atom. The minimum absolute atomic E-state index is 0.0185. The molecule has 9 nitrogen and oxygen atoms in total. The van der Waals surface area contributed by atoms with Crippen LogP contribution in [0.25, 0.3) is 10.9 Å². The van der Waals surface area contributed by atoms with Crippen molar-refractivity contribution >= 4 is 34.5 Å². The summed E-state index contributed by atoms with van der Waals surface area (Å²) in [6.45, 7) is 5.10. The van der Waals surface area contributed by atoms with Crippen molar-refractivity contribution in [2.75, 3.05) is 31.1 Å². The average Bonchev–Trinajstić information content (AvgIpc) is 3.40. The zero-order valence-electron chi connectivity index (χ0n) is 24.2. The normalized spacial score (nSPS) is 26.1. The Labute approximate surface area is 248 Å². The molecule has 2 saturated heterocycles. The summed E-state index contributed by atoms with van der Waals surface area (Å²) in [6.07, 6.45) is -8.38. The summed E-state index contributed by atoms with van der Waals surface area (Å²) in [6, 6.07) is 4.63. The van der Waals surface area contributed by atoms with Crippen LogP contribution in [0.4, 0.5) is 36.8 Å². The minimum atomic E-state index is -4.78. The molecule has 2 saturated carbocycles. The molecule has 2 aromatic rings. The van der Waals surface area contributed by atoms with E-state index in [1.807, 2.05) is 0 Å². The van der Waals surface area contributed by atoms with E-state index in [0.29, 0.717) is 25.9 Å². The van der Waals surface area contributed by atoms with Crippen LogP contribution in [0.3, 0.4) is 0 Å². The summed E-state index contributed by atoms with van der Waals surface area (Å²) >= 11 is 0. The second kappa shape index (κ2) is 9.36. The molecular weight excluding hydrogens is 596 g/mol. The Bertz CT molecular complexity index is 1540. The molecule has 2 atom stereocenters. The lowest BCUT2D eigenvalue weighted by Crippen LogP contribution is -2.66. The quantitative estimate of drug-likeness (QED) is 0.374. The molecule has 4 aliphatic rings. The zero-order chi connectivity index (χ0) is 32.1. The Balaban J connectivity index is 1.11. The van der Waals surface area contributed by atoms with Crippen molar-refractivity contribution < 1.29 is 45.5 Å². The van der Waals surface area contributed by atoms with E-state index in [1.165, 1.54) is 23.2 Å². The SMILES string of the molecule is CC(C)(C)OC(=O)N1CC2(CC(C(=O)NNC(=O)[C@]34CN(c5ccc(C(F)(F)F)c6ncccc56)C[C@@]3(C(F)(F)F)C4)C2)C1. The van der Waals surface area contributed by atoms with Crippen LogP contribution in [-0.4, -0.2) is 65.7 Å². The van der Waals surface area contributed by atoms with Crippen molar-refractivity contribution in [3.05, 3.63) is 36.0 Å². The highest BCUT2D eigenvalue weighted by atomic mass is 19.4. The first kappa shape index (κ1) is 30.3. The number of carbonyl (C=O) groups excluding carboxylic acids is 3. The minimum Gasteiger partial charge on any atom is -0.444 e. The molecule has 2 N–H and O–H groups in total. The molecule has 15 heteroatoms. The summed E-state index contributed by atoms with van der Waals surface area (Å²) in [4.78, 5) is 44.9. The van der Waals surface area contributed by atoms with Gasteiger partial charge in [0.1, 0.15) is 11.0 Å². The number of aromatic nitrogens is 1. The Morgan fingerprint density at radius 1 is 0.955 bits per heavy atom. The van der Waals surface area contributed by atoms with Crippen molar-refractivity contribution in [2.24, 2.45) is 22.2 Å². The van der Waals surface area contributed by atoms with E-state index in [0.717, 1.165) is 12.1 Å². The highest BCUT2D eigenvalue weighted by molar-refractivity contribution is 5.97. The number of rotatable bonds is 3. The summed E-state index contributed by atoms with van der Waals surface area (Å²) in [5.74, 6) is -2.02. The molecule has 1 aromatic carbocycles. The molecule has 3 amide bonds. The number of ether oxygens (including phenoxy) is 1. The molecule has 2 aliphatic heterocycles. The number of amides is 3. The van der Waals surface area contributed by atoms with Crippen molar-refractivity contribution in [1.82, 2.24) is 20.7 Å². The molecule has 2 aliphatic carbocycles. The number of anilines is 1. The highest BCUT2D eigenvalue weighted by Gasteiger charge is 2.86. The number of hydrogen-bond acceptors (Lipinski definition) is 6. The van der Waals surface area contributed by atoms with Crippen LogP contribution in [0.5, 0.6) is 0 Å². The van der Waals surface area contributed by atoms with Gasteiger partial charge in [0, 0.05) is 54.8 Å². The van der Waals surface area contributed by atoms with Crippen LogP contribution >= 0.6 is 0 Å². The van der Waals surface area contributed by atoms with Crippen LogP contribution in [0.2, 0.25) is 0 Å². The van der Waals surface area contributed by atoms with Crippen LogP contribution in [0.15, 0.2) is 30.5 Å². The number of halogens is 6. The number of nitrogens with zero attached hydrogens (tertiary/aromatic N) is 3. The number of piperidine rings is 1. The second-order valence-electron chi connectivity index (χ2n) is 13.6. The number of benzene rings is 1. The van der Waals surface area contributed by atoms with Gasteiger partial charge in [-0.1, -0.05) is 0 Å². The second-order valence-corrected chi connectivity index (χ2v) is 13.6. The molecule has 4 fully saturated rings. The van der Waals surface area contributed by atoms with E-state index in [1.54, 1.807) is 25.7 Å². The number of nitrogens with one attached hydrogen (secondary N) is 2. The molecule has 1 spiro atoms. The van der Waals surface area contributed by atoms with Gasteiger partial charge in [0.05, 0.1) is 16.5 Å². The predicted molar refractivity (Wildman–Crippen MR) is 144 cm³/mol. The number of fused-ring (bicyclic) bond motifs is 2. The Hall–Kier alpha value is -3.78. The Morgan fingerprint density at radius 2 is 1.64 bits per heavy atom. The standard InChI is InChI=1S/C29H31F6N5O4/c1-24(2,3)44-23(43)40-12-25(13-40)9-16(10-25)21(41)37-38-22(42)26-11-27(26,29(33,34)35)15-39(14-26)19-7-6-18(28(30,31)32)20-17(19)5-4-8-36-20/h4-8,16H,9-15H2,1-3H3,(H,37,41)(H,38,42)/t26-,27-/m0/s1. The van der Waals surface area contributed by atoms with Crippen LogP contribution < -0.4 is 15.8 Å². The maximum atomic E-state index is 14.4. The van der Waals surface area contributed by atoms with E-state index in [2.05, 4.69) is 15.8 Å². The third-order valence-electron chi connectivity index (χ3n) is 9.42. The van der Waals surface area contributed by atoms with Gasteiger partial charge in [-0.2, -0.15) is 26.3 Å². The number of hydrazine groups is 1. The largest absolute Gasteiger partial charge is 0.444 e. The van der Waals surface area contributed by atoms with Gasteiger partial charge in [-0.15, -0.1) is 0 Å². The van der Waals surface area contributed by atoms with Crippen molar-refractivity contribution in [3.63, 3.8) is 0 Å². The monoisotopic (exact) mass is 627 g/mol. The number of carbonyl (C=O) groups is 3. The molecule has 238 valence electrons. The first-order valence-electron chi connectivity index (χ1n) is 14.1. The molecule has 0 bridgehead atoms. The van der Waals surface area contributed by atoms with Gasteiger partial charge in [-0.3, -0.25) is 25.4 Å². The van der Waals surface area contributed by atoms with E-state index in [4.69, 9.17) is 4.74 Å². The number of pyridine rings is 1. The topological polar surface area (TPSA) is 104 Å². The molecule has 3 heterocycles. The van der Waals surface area contributed by atoms with E-state index in [-0.39, 0.29) is 16.5 Å². The van der Waals surface area contributed by atoms with E-state index < -0.39 is 83.2 Å². The molecule has 0 radical (unpaired) electrons. The smallest absolute Gasteiger partial charge is 0.418 e. The summed E-state index contributed by atoms with van der Waals surface area (Å²) in [5.41, 5.74) is -2.06. The predicted octanol–water partition coefficient (Wildman–Crippen LogP) is 4.81. The summed E-state index contributed by atoms with van der Waals surface area (Å²) in [5, 5.41) is 0.0185. The van der Waals surface area contributed by atoms with Gasteiger partial charge < -0.3 is 14.5 Å².